The van der Waals surface area contributed by atoms with Gasteiger partial charge in [-0.25, -0.2) is 9.78 Å². The molecule has 4 rings (SSSR count). The van der Waals surface area contributed by atoms with Crippen molar-refractivity contribution in [2.24, 2.45) is 5.92 Å². The third-order valence-electron chi connectivity index (χ3n) is 6.64. The molecule has 1 saturated carbocycles. The number of hydrogen-bond donors (Lipinski definition) is 2. The van der Waals surface area contributed by atoms with E-state index in [1.54, 1.807) is 23.5 Å². The van der Waals surface area contributed by atoms with Crippen LogP contribution in [0.1, 0.15) is 79.5 Å². The molecular formula is C25H31N3O3S. The zero-order chi connectivity index (χ0) is 22.7. The molecule has 6 nitrogen and oxygen atoms in total. The van der Waals surface area contributed by atoms with Crippen molar-refractivity contribution in [2.75, 3.05) is 0 Å². The normalized spacial score (nSPS) is 15.1. The molecule has 2 N–H and O–H groups in total. The van der Waals surface area contributed by atoms with Crippen LogP contribution in [-0.4, -0.2) is 32.6 Å². The zero-order valence-corrected chi connectivity index (χ0v) is 19.5. The van der Waals surface area contributed by atoms with Gasteiger partial charge in [0.15, 0.2) is 0 Å². The number of rotatable bonds is 10. The van der Waals surface area contributed by atoms with E-state index >= 15 is 0 Å². The molecule has 0 aliphatic heterocycles. The number of nitrogens with zero attached hydrogens (tertiary/aromatic N) is 2. The Hall–Kier alpha value is -2.67. The second-order valence-electron chi connectivity index (χ2n) is 8.72. The maximum Gasteiger partial charge on any atom is 0.326 e. The van der Waals surface area contributed by atoms with Gasteiger partial charge in [0.1, 0.15) is 11.9 Å². The molecule has 170 valence electrons. The van der Waals surface area contributed by atoms with Crippen molar-refractivity contribution >= 4 is 34.2 Å². The van der Waals surface area contributed by atoms with E-state index in [4.69, 9.17) is 4.98 Å². The number of benzene rings is 1. The summed E-state index contributed by atoms with van der Waals surface area (Å²) in [6.07, 6.45) is 6.50. The third kappa shape index (κ3) is 4.72. The number of aromatic nitrogens is 2. The number of carboxylic acid groups (broad SMARTS) is 1. The minimum atomic E-state index is -0.970. The van der Waals surface area contributed by atoms with Gasteiger partial charge < -0.3 is 15.0 Å². The lowest BCUT2D eigenvalue weighted by atomic mass is 9.81. The van der Waals surface area contributed by atoms with Gasteiger partial charge in [-0.05, 0) is 54.8 Å². The highest BCUT2D eigenvalue weighted by molar-refractivity contribution is 7.09. The third-order valence-corrected chi connectivity index (χ3v) is 7.52. The second kappa shape index (κ2) is 9.86. The van der Waals surface area contributed by atoms with Gasteiger partial charge >= 0.3 is 5.97 Å². The average Bonchev–Trinajstić information content (AvgIpc) is 3.38. The van der Waals surface area contributed by atoms with Gasteiger partial charge in [0, 0.05) is 22.9 Å². The van der Waals surface area contributed by atoms with Crippen LogP contribution in [-0.2, 0) is 11.2 Å². The van der Waals surface area contributed by atoms with E-state index < -0.39 is 12.0 Å². The summed E-state index contributed by atoms with van der Waals surface area (Å²) in [5, 5.41) is 14.4. The van der Waals surface area contributed by atoms with Crippen molar-refractivity contribution in [3.05, 3.63) is 52.0 Å². The fraction of sp³-hybridized carbons (Fsp3) is 0.480. The summed E-state index contributed by atoms with van der Waals surface area (Å²) in [4.78, 5) is 30.7. The Bertz CT molecular complexity index is 1080. The number of carbonyl (C=O) groups excluding carboxylic acids is 1. The van der Waals surface area contributed by atoms with Gasteiger partial charge in [-0.2, -0.15) is 0 Å². The molecule has 32 heavy (non-hydrogen) atoms. The maximum absolute atomic E-state index is 12.9. The van der Waals surface area contributed by atoms with E-state index in [1.165, 1.54) is 4.88 Å². The summed E-state index contributed by atoms with van der Waals surface area (Å²) >= 11 is 1.72. The van der Waals surface area contributed by atoms with Crippen molar-refractivity contribution < 1.29 is 14.7 Å². The molecule has 1 aliphatic carbocycles. The van der Waals surface area contributed by atoms with E-state index in [2.05, 4.69) is 41.2 Å². The Balaban J connectivity index is 1.62. The molecule has 1 fully saturated rings. The Labute approximate surface area is 192 Å². The van der Waals surface area contributed by atoms with Crippen molar-refractivity contribution in [1.29, 1.82) is 0 Å². The van der Waals surface area contributed by atoms with Crippen LogP contribution in [0.15, 0.2) is 35.7 Å². The molecule has 7 heteroatoms. The minimum absolute atomic E-state index is 0.341. The average molecular weight is 454 g/mol. The van der Waals surface area contributed by atoms with Crippen molar-refractivity contribution in [3.8, 4) is 0 Å². The first kappa shape index (κ1) is 22.5. The molecule has 0 bridgehead atoms. The van der Waals surface area contributed by atoms with E-state index in [-0.39, 0.29) is 5.91 Å². The quantitative estimate of drug-likeness (QED) is 0.429. The number of thiophene rings is 1. The lowest BCUT2D eigenvalue weighted by Crippen LogP contribution is -2.42. The largest absolute Gasteiger partial charge is 0.480 e. The van der Waals surface area contributed by atoms with Crippen molar-refractivity contribution in [3.63, 3.8) is 0 Å². The molecule has 2 aromatic heterocycles. The fourth-order valence-electron chi connectivity index (χ4n) is 4.57. The number of carboxylic acids is 1. The minimum Gasteiger partial charge on any atom is -0.480 e. The Morgan fingerprint density at radius 1 is 1.25 bits per heavy atom. The van der Waals surface area contributed by atoms with Crippen LogP contribution in [0.25, 0.3) is 11.0 Å². The van der Waals surface area contributed by atoms with Crippen molar-refractivity contribution in [2.45, 2.75) is 70.9 Å². The fourth-order valence-corrected chi connectivity index (χ4v) is 5.27. The molecule has 3 aromatic rings. The van der Waals surface area contributed by atoms with Crippen LogP contribution in [0.4, 0.5) is 0 Å². The summed E-state index contributed by atoms with van der Waals surface area (Å²) in [7, 11) is 0. The molecule has 1 unspecified atom stereocenters. The predicted octanol–water partition coefficient (Wildman–Crippen LogP) is 5.42. The van der Waals surface area contributed by atoms with Crippen LogP contribution in [0.3, 0.4) is 0 Å². The highest BCUT2D eigenvalue weighted by Gasteiger charge is 2.28. The molecule has 1 aliphatic rings. The zero-order valence-electron chi connectivity index (χ0n) is 18.7. The summed E-state index contributed by atoms with van der Waals surface area (Å²) in [5.74, 6) is 0.0783. The van der Waals surface area contributed by atoms with Crippen molar-refractivity contribution in [1.82, 2.24) is 14.9 Å². The van der Waals surface area contributed by atoms with Gasteiger partial charge in [0.2, 0.25) is 0 Å². The molecule has 2 heterocycles. The smallest absolute Gasteiger partial charge is 0.326 e. The highest BCUT2D eigenvalue weighted by atomic mass is 32.1. The van der Waals surface area contributed by atoms with Gasteiger partial charge in [-0.3, -0.25) is 4.79 Å². The number of fused-ring (bicyclic) bond motifs is 1. The Kier molecular flexibility index (Phi) is 6.94. The standard InChI is InChI=1S/C25H31N3O3S/c1-3-18(4-2)28-22-11-10-17(14-20(22)26-23(28)15-19-9-6-12-32-19)24(29)27-21(25(30)31)13-16-7-5-8-16/h6,9-12,14,16,18,21H,3-5,7-8,13,15H2,1-2H3,(H,27,29)(H,30,31). The van der Waals surface area contributed by atoms with Gasteiger partial charge in [-0.1, -0.05) is 39.2 Å². The molecule has 0 radical (unpaired) electrons. The molecule has 0 spiro atoms. The van der Waals surface area contributed by atoms with Crippen LogP contribution < -0.4 is 5.32 Å². The lowest BCUT2D eigenvalue weighted by molar-refractivity contribution is -0.139. The number of imidazole rings is 1. The number of carbonyl (C=O) groups is 2. The van der Waals surface area contributed by atoms with Crippen LogP contribution in [0, 0.1) is 5.92 Å². The lowest BCUT2D eigenvalue weighted by Gasteiger charge is -2.28. The molecule has 0 saturated heterocycles. The summed E-state index contributed by atoms with van der Waals surface area (Å²) in [5.41, 5.74) is 2.25. The second-order valence-corrected chi connectivity index (χ2v) is 9.76. The Morgan fingerprint density at radius 2 is 2.03 bits per heavy atom. The maximum atomic E-state index is 12.9. The number of hydrogen-bond acceptors (Lipinski definition) is 4. The number of nitrogens with one attached hydrogen (secondary N) is 1. The molecule has 1 aromatic carbocycles. The molecule has 1 atom stereocenters. The number of aliphatic carboxylic acids is 1. The van der Waals surface area contributed by atoms with Gasteiger partial charge in [0.25, 0.3) is 5.91 Å². The van der Waals surface area contributed by atoms with Gasteiger partial charge in [-0.15, -0.1) is 11.3 Å². The Morgan fingerprint density at radius 3 is 2.62 bits per heavy atom. The van der Waals surface area contributed by atoms with Crippen LogP contribution >= 0.6 is 11.3 Å². The van der Waals surface area contributed by atoms with E-state index in [9.17, 15) is 14.7 Å². The first-order valence-electron chi connectivity index (χ1n) is 11.6. The van der Waals surface area contributed by atoms with Gasteiger partial charge in [0.05, 0.1) is 11.0 Å². The van der Waals surface area contributed by atoms with E-state index in [1.807, 2.05) is 6.07 Å². The number of amides is 1. The SMILES string of the molecule is CCC(CC)n1c(Cc2cccs2)nc2cc(C(=O)NC(CC3CCC3)C(=O)O)ccc21. The molecule has 1 amide bonds. The predicted molar refractivity (Wildman–Crippen MR) is 127 cm³/mol. The first-order valence-corrected chi connectivity index (χ1v) is 12.4. The molecular weight excluding hydrogens is 422 g/mol. The summed E-state index contributed by atoms with van der Waals surface area (Å²) < 4.78 is 2.31. The summed E-state index contributed by atoms with van der Waals surface area (Å²) in [6, 6.07) is 9.20. The topological polar surface area (TPSA) is 84.2 Å². The monoisotopic (exact) mass is 453 g/mol. The van der Waals surface area contributed by atoms with Crippen LogP contribution in [0.5, 0.6) is 0 Å². The van der Waals surface area contributed by atoms with E-state index in [0.717, 1.165) is 55.4 Å². The first-order chi connectivity index (χ1) is 15.5. The van der Waals surface area contributed by atoms with Crippen LogP contribution in [0.2, 0.25) is 0 Å². The van der Waals surface area contributed by atoms with E-state index in [0.29, 0.717) is 23.9 Å². The summed E-state index contributed by atoms with van der Waals surface area (Å²) in [6.45, 7) is 4.37. The highest BCUT2D eigenvalue weighted by Crippen LogP contribution is 2.31.